The molecule has 0 unspecified atom stereocenters. The third-order valence-corrected chi connectivity index (χ3v) is 4.64. The number of rotatable bonds is 3. The van der Waals surface area contributed by atoms with E-state index >= 15 is 0 Å². The van der Waals surface area contributed by atoms with E-state index in [1.54, 1.807) is 7.11 Å². The van der Waals surface area contributed by atoms with Gasteiger partial charge in [-0.2, -0.15) is 5.10 Å². The van der Waals surface area contributed by atoms with E-state index in [4.69, 9.17) is 19.6 Å². The Hall–Kier alpha value is -2.40. The van der Waals surface area contributed by atoms with Crippen molar-refractivity contribution < 1.29 is 9.47 Å². The van der Waals surface area contributed by atoms with Crippen LogP contribution in [0, 0.1) is 0 Å². The SMILES string of the molecule is COc1ccc(-c2ccc3c(c2)COC3)n2nc(C3CC3)nc12. The molecule has 1 aromatic carbocycles. The Kier molecular flexibility index (Phi) is 2.73. The smallest absolute Gasteiger partial charge is 0.198 e. The Morgan fingerprint density at radius 1 is 1.13 bits per heavy atom. The predicted molar refractivity (Wildman–Crippen MR) is 85.4 cm³/mol. The summed E-state index contributed by atoms with van der Waals surface area (Å²) in [4.78, 5) is 4.71. The van der Waals surface area contributed by atoms with Crippen molar-refractivity contribution in [1.82, 2.24) is 14.6 Å². The van der Waals surface area contributed by atoms with Gasteiger partial charge in [0.05, 0.1) is 26.0 Å². The van der Waals surface area contributed by atoms with Gasteiger partial charge in [0, 0.05) is 11.5 Å². The van der Waals surface area contributed by atoms with Crippen molar-refractivity contribution in [2.75, 3.05) is 7.11 Å². The van der Waals surface area contributed by atoms with Crippen LogP contribution in [0.25, 0.3) is 16.9 Å². The number of benzene rings is 1. The zero-order valence-corrected chi connectivity index (χ0v) is 13.0. The molecule has 1 aliphatic carbocycles. The molecule has 0 amide bonds. The maximum absolute atomic E-state index is 5.52. The Morgan fingerprint density at radius 3 is 2.83 bits per heavy atom. The van der Waals surface area contributed by atoms with Crippen LogP contribution in [0.3, 0.4) is 0 Å². The van der Waals surface area contributed by atoms with E-state index < -0.39 is 0 Å². The molecule has 3 heterocycles. The van der Waals surface area contributed by atoms with Crippen molar-refractivity contribution in [2.45, 2.75) is 32.0 Å². The molecule has 0 saturated heterocycles. The van der Waals surface area contributed by atoms with Crippen molar-refractivity contribution in [1.29, 1.82) is 0 Å². The van der Waals surface area contributed by atoms with Gasteiger partial charge in [-0.1, -0.05) is 12.1 Å². The molecule has 2 aliphatic rings. The third-order valence-electron chi connectivity index (χ3n) is 4.64. The number of pyridine rings is 1. The molecule has 1 aliphatic heterocycles. The molecule has 3 aromatic rings. The number of hydrogen-bond donors (Lipinski definition) is 0. The van der Waals surface area contributed by atoms with Crippen molar-refractivity contribution in [3.63, 3.8) is 0 Å². The number of hydrogen-bond acceptors (Lipinski definition) is 4. The fraction of sp³-hybridized carbons (Fsp3) is 0.333. The minimum atomic E-state index is 0.515. The normalized spacial score (nSPS) is 16.7. The topological polar surface area (TPSA) is 48.7 Å². The lowest BCUT2D eigenvalue weighted by Crippen LogP contribution is -1.98. The summed E-state index contributed by atoms with van der Waals surface area (Å²) in [6.45, 7) is 1.40. The van der Waals surface area contributed by atoms with Gasteiger partial charge in [-0.15, -0.1) is 0 Å². The lowest BCUT2D eigenvalue weighted by atomic mass is 10.0. The van der Waals surface area contributed by atoms with Crippen molar-refractivity contribution in [2.24, 2.45) is 0 Å². The molecule has 116 valence electrons. The first-order valence-corrected chi connectivity index (χ1v) is 7.97. The van der Waals surface area contributed by atoms with E-state index in [1.165, 1.54) is 24.0 Å². The molecule has 5 nitrogen and oxygen atoms in total. The first-order valence-electron chi connectivity index (χ1n) is 7.97. The van der Waals surface area contributed by atoms with Gasteiger partial charge in [-0.3, -0.25) is 0 Å². The molecular formula is C18H17N3O2. The monoisotopic (exact) mass is 307 g/mol. The Balaban J connectivity index is 1.71. The van der Waals surface area contributed by atoms with Crippen LogP contribution < -0.4 is 4.74 Å². The van der Waals surface area contributed by atoms with Gasteiger partial charge in [0.2, 0.25) is 0 Å². The number of ether oxygens (including phenoxy) is 2. The van der Waals surface area contributed by atoms with Crippen LogP contribution in [-0.2, 0) is 18.0 Å². The summed E-state index contributed by atoms with van der Waals surface area (Å²) in [7, 11) is 1.67. The van der Waals surface area contributed by atoms with E-state index in [0.717, 1.165) is 28.5 Å². The second kappa shape index (κ2) is 4.80. The highest BCUT2D eigenvalue weighted by Gasteiger charge is 2.29. The van der Waals surface area contributed by atoms with Crippen molar-refractivity contribution in [3.8, 4) is 17.0 Å². The van der Waals surface area contributed by atoms with Crippen LogP contribution >= 0.6 is 0 Å². The van der Waals surface area contributed by atoms with Crippen LogP contribution in [0.4, 0.5) is 0 Å². The highest BCUT2D eigenvalue weighted by atomic mass is 16.5. The lowest BCUT2D eigenvalue weighted by molar-refractivity contribution is 0.134. The molecule has 5 rings (SSSR count). The maximum atomic E-state index is 5.52. The first-order chi connectivity index (χ1) is 11.3. The summed E-state index contributed by atoms with van der Waals surface area (Å²) in [5.41, 5.74) is 5.50. The number of fused-ring (bicyclic) bond motifs is 2. The summed E-state index contributed by atoms with van der Waals surface area (Å²) < 4.78 is 12.9. The third kappa shape index (κ3) is 2.04. The van der Waals surface area contributed by atoms with Crippen molar-refractivity contribution >= 4 is 5.65 Å². The van der Waals surface area contributed by atoms with E-state index in [1.807, 2.05) is 10.6 Å². The molecule has 0 bridgehead atoms. The van der Waals surface area contributed by atoms with Gasteiger partial charge in [0.15, 0.2) is 17.2 Å². The first kappa shape index (κ1) is 13.1. The van der Waals surface area contributed by atoms with Gasteiger partial charge in [-0.25, -0.2) is 9.50 Å². The summed E-state index contributed by atoms with van der Waals surface area (Å²) in [5.74, 6) is 2.21. The molecule has 5 heteroatoms. The molecule has 0 atom stereocenters. The fourth-order valence-electron chi connectivity index (χ4n) is 3.18. The minimum absolute atomic E-state index is 0.515. The van der Waals surface area contributed by atoms with E-state index in [-0.39, 0.29) is 0 Å². The zero-order chi connectivity index (χ0) is 15.4. The zero-order valence-electron chi connectivity index (χ0n) is 13.0. The Labute approximate surface area is 133 Å². The summed E-state index contributed by atoms with van der Waals surface area (Å²) >= 11 is 0. The summed E-state index contributed by atoms with van der Waals surface area (Å²) in [6, 6.07) is 10.5. The molecular weight excluding hydrogens is 290 g/mol. The van der Waals surface area contributed by atoms with E-state index in [9.17, 15) is 0 Å². The van der Waals surface area contributed by atoms with Gasteiger partial charge in [0.25, 0.3) is 0 Å². The predicted octanol–water partition coefficient (Wildman–Crippen LogP) is 3.31. The molecule has 23 heavy (non-hydrogen) atoms. The Bertz CT molecular complexity index is 912. The quantitative estimate of drug-likeness (QED) is 0.745. The second-order valence-electron chi connectivity index (χ2n) is 6.24. The van der Waals surface area contributed by atoms with Crippen LogP contribution in [-0.4, -0.2) is 21.7 Å². The molecule has 0 spiro atoms. The highest BCUT2D eigenvalue weighted by Crippen LogP contribution is 2.39. The van der Waals surface area contributed by atoms with Crippen LogP contribution in [0.2, 0.25) is 0 Å². The van der Waals surface area contributed by atoms with Gasteiger partial charge >= 0.3 is 0 Å². The van der Waals surface area contributed by atoms with E-state index in [2.05, 4.69) is 24.3 Å². The number of aromatic nitrogens is 3. The molecule has 1 saturated carbocycles. The number of nitrogens with zero attached hydrogens (tertiary/aromatic N) is 3. The van der Waals surface area contributed by atoms with Gasteiger partial charge in [-0.05, 0) is 42.2 Å². The largest absolute Gasteiger partial charge is 0.493 e. The standard InChI is InChI=1S/C18H17N3O2/c1-22-16-7-6-15(12-4-5-13-9-23-10-14(13)8-12)21-18(16)19-17(20-21)11-2-3-11/h4-8,11H,2-3,9-10H2,1H3. The van der Waals surface area contributed by atoms with Gasteiger partial charge in [0.1, 0.15) is 0 Å². The molecule has 0 N–H and O–H groups in total. The summed E-state index contributed by atoms with van der Waals surface area (Å²) in [5, 5.41) is 4.75. The van der Waals surface area contributed by atoms with Crippen LogP contribution in [0.1, 0.15) is 35.7 Å². The van der Waals surface area contributed by atoms with Gasteiger partial charge < -0.3 is 9.47 Å². The second-order valence-corrected chi connectivity index (χ2v) is 6.24. The molecule has 0 radical (unpaired) electrons. The average molecular weight is 307 g/mol. The molecule has 1 fully saturated rings. The average Bonchev–Trinajstić information content (AvgIpc) is 3.16. The van der Waals surface area contributed by atoms with E-state index in [0.29, 0.717) is 19.1 Å². The van der Waals surface area contributed by atoms with Crippen LogP contribution in [0.15, 0.2) is 30.3 Å². The lowest BCUT2D eigenvalue weighted by Gasteiger charge is -2.08. The van der Waals surface area contributed by atoms with Crippen LogP contribution in [0.5, 0.6) is 5.75 Å². The molecule has 2 aromatic heterocycles. The Morgan fingerprint density at radius 2 is 2.00 bits per heavy atom. The number of methoxy groups -OCH3 is 1. The minimum Gasteiger partial charge on any atom is -0.493 e. The fourth-order valence-corrected chi connectivity index (χ4v) is 3.18. The highest BCUT2D eigenvalue weighted by molar-refractivity contribution is 5.68. The maximum Gasteiger partial charge on any atom is 0.198 e. The van der Waals surface area contributed by atoms with Crippen molar-refractivity contribution in [3.05, 3.63) is 47.3 Å². The summed E-state index contributed by atoms with van der Waals surface area (Å²) in [6.07, 6.45) is 2.37.